The molecule has 0 aliphatic heterocycles. The van der Waals surface area contributed by atoms with E-state index in [4.69, 9.17) is 0 Å². The maximum atomic E-state index is 12.0. The van der Waals surface area contributed by atoms with E-state index in [0.717, 1.165) is 24.1 Å². The summed E-state index contributed by atoms with van der Waals surface area (Å²) in [5, 5.41) is 0. The van der Waals surface area contributed by atoms with E-state index in [2.05, 4.69) is 29.9 Å². The van der Waals surface area contributed by atoms with Crippen molar-refractivity contribution in [2.75, 3.05) is 6.54 Å². The molecule has 0 aliphatic rings. The summed E-state index contributed by atoms with van der Waals surface area (Å²) in [6.45, 7) is 2.97. The second-order valence-electron chi connectivity index (χ2n) is 5.03. The molecule has 0 saturated carbocycles. The van der Waals surface area contributed by atoms with Crippen LogP contribution in [-0.2, 0) is 0 Å². The van der Waals surface area contributed by atoms with Gasteiger partial charge in [0.25, 0.3) is 5.91 Å². The van der Waals surface area contributed by atoms with Gasteiger partial charge in [0.2, 0.25) is 0 Å². The molecule has 110 valence electrons. The van der Waals surface area contributed by atoms with Crippen molar-refractivity contribution in [1.82, 2.24) is 10.9 Å². The predicted molar refractivity (Wildman–Crippen MR) is 86.9 cm³/mol. The topological polar surface area (TPSA) is 41.1 Å². The van der Waals surface area contributed by atoms with Crippen LogP contribution in [0.5, 0.6) is 0 Å². The molecule has 0 spiro atoms. The van der Waals surface area contributed by atoms with Crippen LogP contribution in [0.15, 0.2) is 54.6 Å². The molecular formula is C18H22N2O. The van der Waals surface area contributed by atoms with Gasteiger partial charge < -0.3 is 0 Å². The largest absolute Gasteiger partial charge is 0.287 e. The van der Waals surface area contributed by atoms with Gasteiger partial charge in [-0.1, -0.05) is 62.2 Å². The van der Waals surface area contributed by atoms with Gasteiger partial charge in [0.1, 0.15) is 0 Å². The average Bonchev–Trinajstić information content (AvgIpc) is 2.55. The Labute approximate surface area is 126 Å². The van der Waals surface area contributed by atoms with Gasteiger partial charge in [0, 0.05) is 12.1 Å². The minimum atomic E-state index is -0.0916. The Kier molecular flexibility index (Phi) is 5.98. The molecule has 3 heteroatoms. The summed E-state index contributed by atoms with van der Waals surface area (Å²) in [4.78, 5) is 12.0. The van der Waals surface area contributed by atoms with Crippen molar-refractivity contribution in [3.05, 3.63) is 60.2 Å². The Balaban J connectivity index is 1.88. The number of carbonyl (C=O) groups is 1. The molecule has 3 nitrogen and oxygen atoms in total. The Bertz CT molecular complexity index is 549. The minimum absolute atomic E-state index is 0.0916. The maximum Gasteiger partial charge on any atom is 0.265 e. The number of hydrogen-bond acceptors (Lipinski definition) is 2. The lowest BCUT2D eigenvalue weighted by molar-refractivity contribution is 0.0933. The summed E-state index contributed by atoms with van der Waals surface area (Å²) in [5.74, 6) is -0.0916. The van der Waals surface area contributed by atoms with Crippen molar-refractivity contribution in [2.45, 2.75) is 26.2 Å². The number of carbonyl (C=O) groups excluding carboxylic acids is 1. The summed E-state index contributed by atoms with van der Waals surface area (Å²) in [6, 6.07) is 17.8. The van der Waals surface area contributed by atoms with Crippen LogP contribution in [0.3, 0.4) is 0 Å². The van der Waals surface area contributed by atoms with E-state index in [-0.39, 0.29) is 5.91 Å². The lowest BCUT2D eigenvalue weighted by atomic mass is 10.0. The molecule has 2 aromatic carbocycles. The van der Waals surface area contributed by atoms with Gasteiger partial charge in [0.05, 0.1) is 0 Å². The van der Waals surface area contributed by atoms with Crippen LogP contribution >= 0.6 is 0 Å². The van der Waals surface area contributed by atoms with Crippen molar-refractivity contribution in [3.63, 3.8) is 0 Å². The third-order valence-corrected chi connectivity index (χ3v) is 3.36. The van der Waals surface area contributed by atoms with Crippen molar-refractivity contribution in [3.8, 4) is 11.1 Å². The lowest BCUT2D eigenvalue weighted by Crippen LogP contribution is -2.37. The van der Waals surface area contributed by atoms with Gasteiger partial charge in [-0.2, -0.15) is 0 Å². The molecule has 0 heterocycles. The molecule has 21 heavy (non-hydrogen) atoms. The zero-order valence-corrected chi connectivity index (χ0v) is 12.4. The van der Waals surface area contributed by atoms with E-state index < -0.39 is 0 Å². The predicted octanol–water partition coefficient (Wildman–Crippen LogP) is 3.78. The van der Waals surface area contributed by atoms with Gasteiger partial charge in [0.15, 0.2) is 0 Å². The first kappa shape index (κ1) is 15.3. The van der Waals surface area contributed by atoms with Gasteiger partial charge in [-0.25, -0.2) is 5.43 Å². The van der Waals surface area contributed by atoms with Crippen LogP contribution in [0.2, 0.25) is 0 Å². The monoisotopic (exact) mass is 282 g/mol. The van der Waals surface area contributed by atoms with Gasteiger partial charge >= 0.3 is 0 Å². The Morgan fingerprint density at radius 2 is 1.57 bits per heavy atom. The number of unbranched alkanes of at least 4 members (excludes halogenated alkanes) is 2. The van der Waals surface area contributed by atoms with Crippen LogP contribution < -0.4 is 10.9 Å². The Hall–Kier alpha value is -2.13. The van der Waals surface area contributed by atoms with E-state index in [1.807, 2.05) is 42.5 Å². The third kappa shape index (κ3) is 4.72. The number of hydrogen-bond donors (Lipinski definition) is 2. The Morgan fingerprint density at radius 3 is 2.24 bits per heavy atom. The highest BCUT2D eigenvalue weighted by Gasteiger charge is 2.04. The smallest absolute Gasteiger partial charge is 0.265 e. The molecule has 0 unspecified atom stereocenters. The fraction of sp³-hybridized carbons (Fsp3) is 0.278. The molecule has 0 aliphatic carbocycles. The number of amides is 1. The first-order valence-corrected chi connectivity index (χ1v) is 7.50. The summed E-state index contributed by atoms with van der Waals surface area (Å²) in [5.41, 5.74) is 8.63. The number of hydrazine groups is 1. The SMILES string of the molecule is CCCCCNNC(=O)c1ccc(-c2ccccc2)cc1. The molecule has 0 atom stereocenters. The summed E-state index contributed by atoms with van der Waals surface area (Å²) < 4.78 is 0. The molecule has 1 amide bonds. The highest BCUT2D eigenvalue weighted by molar-refractivity contribution is 5.94. The fourth-order valence-corrected chi connectivity index (χ4v) is 2.12. The van der Waals surface area contributed by atoms with Crippen LogP contribution in [0.1, 0.15) is 36.5 Å². The van der Waals surface area contributed by atoms with Crippen molar-refractivity contribution >= 4 is 5.91 Å². The van der Waals surface area contributed by atoms with Crippen LogP contribution in [-0.4, -0.2) is 12.5 Å². The maximum absolute atomic E-state index is 12.0. The van der Waals surface area contributed by atoms with Crippen LogP contribution in [0.4, 0.5) is 0 Å². The van der Waals surface area contributed by atoms with Crippen LogP contribution in [0.25, 0.3) is 11.1 Å². The summed E-state index contributed by atoms with van der Waals surface area (Å²) in [7, 11) is 0. The second kappa shape index (κ2) is 8.22. The molecule has 0 radical (unpaired) electrons. The minimum Gasteiger partial charge on any atom is -0.287 e. The highest BCUT2D eigenvalue weighted by atomic mass is 16.2. The summed E-state index contributed by atoms with van der Waals surface area (Å²) >= 11 is 0. The number of benzene rings is 2. The molecule has 0 aromatic heterocycles. The third-order valence-electron chi connectivity index (χ3n) is 3.36. The van der Waals surface area contributed by atoms with Crippen molar-refractivity contribution in [2.24, 2.45) is 0 Å². The van der Waals surface area contributed by atoms with E-state index in [1.54, 1.807) is 0 Å². The molecule has 0 fully saturated rings. The highest BCUT2D eigenvalue weighted by Crippen LogP contribution is 2.19. The second-order valence-corrected chi connectivity index (χ2v) is 5.03. The molecule has 0 bridgehead atoms. The fourth-order valence-electron chi connectivity index (χ4n) is 2.12. The molecule has 2 N–H and O–H groups in total. The molecule has 2 rings (SSSR count). The average molecular weight is 282 g/mol. The van der Waals surface area contributed by atoms with Gasteiger partial charge in [-0.3, -0.25) is 10.2 Å². The quantitative estimate of drug-likeness (QED) is 0.599. The first-order valence-electron chi connectivity index (χ1n) is 7.50. The van der Waals surface area contributed by atoms with Crippen molar-refractivity contribution < 1.29 is 4.79 Å². The molecule has 0 saturated heterocycles. The Morgan fingerprint density at radius 1 is 0.905 bits per heavy atom. The summed E-state index contributed by atoms with van der Waals surface area (Å²) in [6.07, 6.45) is 3.43. The zero-order chi connectivity index (χ0) is 14.9. The van der Waals surface area contributed by atoms with E-state index >= 15 is 0 Å². The lowest BCUT2D eigenvalue weighted by Gasteiger charge is -2.07. The van der Waals surface area contributed by atoms with Gasteiger partial charge in [-0.15, -0.1) is 0 Å². The van der Waals surface area contributed by atoms with E-state index in [1.165, 1.54) is 12.8 Å². The number of rotatable bonds is 7. The first-order chi connectivity index (χ1) is 10.3. The van der Waals surface area contributed by atoms with Crippen molar-refractivity contribution in [1.29, 1.82) is 0 Å². The normalized spacial score (nSPS) is 10.3. The molecular weight excluding hydrogens is 260 g/mol. The zero-order valence-electron chi connectivity index (χ0n) is 12.4. The standard InChI is InChI=1S/C18H22N2O/c1-2-3-7-14-19-20-18(21)17-12-10-16(11-13-17)15-8-5-4-6-9-15/h4-6,8-13,19H,2-3,7,14H2,1H3,(H,20,21). The molecule has 2 aromatic rings. The number of nitrogens with one attached hydrogen (secondary N) is 2. The van der Waals surface area contributed by atoms with Gasteiger partial charge in [-0.05, 0) is 29.7 Å². The van der Waals surface area contributed by atoms with E-state index in [0.29, 0.717) is 5.56 Å². The van der Waals surface area contributed by atoms with E-state index in [9.17, 15) is 4.79 Å². The van der Waals surface area contributed by atoms with Crippen LogP contribution in [0, 0.1) is 0 Å².